The van der Waals surface area contributed by atoms with Crippen LogP contribution in [0.1, 0.15) is 11.4 Å². The lowest BCUT2D eigenvalue weighted by Crippen LogP contribution is -2.20. The summed E-state index contributed by atoms with van der Waals surface area (Å²) >= 11 is 5.15. The fourth-order valence-corrected chi connectivity index (χ4v) is 1.92. The van der Waals surface area contributed by atoms with Crippen LogP contribution in [0.4, 0.5) is 17.3 Å². The van der Waals surface area contributed by atoms with E-state index in [1.165, 1.54) is 12.1 Å². The Bertz CT molecular complexity index is 667. The highest BCUT2D eigenvalue weighted by Crippen LogP contribution is 2.15. The highest BCUT2D eigenvalue weighted by molar-refractivity contribution is 7.80. The first-order chi connectivity index (χ1) is 9.94. The summed E-state index contributed by atoms with van der Waals surface area (Å²) in [5, 5.41) is 16.7. The van der Waals surface area contributed by atoms with E-state index in [2.05, 4.69) is 20.6 Å². The van der Waals surface area contributed by atoms with Gasteiger partial charge in [-0.1, -0.05) is 0 Å². The normalized spacial score (nSPS) is 10.0. The number of hydrogen-bond acceptors (Lipinski definition) is 5. The third-order valence-corrected chi connectivity index (χ3v) is 2.75. The molecule has 0 unspecified atom stereocenters. The maximum absolute atomic E-state index is 10.6. The SMILES string of the molecule is Cc1cc(C)nc(NC(=S)Nc2ccc([N+](=O)[O-])cc2)n1. The maximum atomic E-state index is 10.6. The van der Waals surface area contributed by atoms with Crippen LogP contribution < -0.4 is 10.6 Å². The van der Waals surface area contributed by atoms with Crippen molar-refractivity contribution in [1.82, 2.24) is 9.97 Å². The first kappa shape index (κ1) is 14.8. The molecule has 21 heavy (non-hydrogen) atoms. The first-order valence-electron chi connectivity index (χ1n) is 6.09. The fourth-order valence-electron chi connectivity index (χ4n) is 1.71. The van der Waals surface area contributed by atoms with E-state index >= 15 is 0 Å². The smallest absolute Gasteiger partial charge is 0.269 e. The number of anilines is 2. The summed E-state index contributed by atoms with van der Waals surface area (Å²) in [7, 11) is 0. The van der Waals surface area contributed by atoms with E-state index in [-0.39, 0.29) is 5.69 Å². The Morgan fingerprint density at radius 3 is 2.24 bits per heavy atom. The van der Waals surface area contributed by atoms with Crippen molar-refractivity contribution in [3.63, 3.8) is 0 Å². The molecule has 0 bridgehead atoms. The van der Waals surface area contributed by atoms with Crippen LogP contribution in [0.3, 0.4) is 0 Å². The second-order valence-electron chi connectivity index (χ2n) is 4.36. The molecule has 0 radical (unpaired) electrons. The molecular formula is C13H13N5O2S. The Labute approximate surface area is 126 Å². The quantitative estimate of drug-likeness (QED) is 0.511. The maximum Gasteiger partial charge on any atom is 0.269 e. The van der Waals surface area contributed by atoms with Crippen molar-refractivity contribution in [2.75, 3.05) is 10.6 Å². The largest absolute Gasteiger partial charge is 0.332 e. The zero-order chi connectivity index (χ0) is 15.4. The van der Waals surface area contributed by atoms with Crippen molar-refractivity contribution >= 4 is 34.7 Å². The number of nitrogens with one attached hydrogen (secondary N) is 2. The first-order valence-corrected chi connectivity index (χ1v) is 6.49. The van der Waals surface area contributed by atoms with Crippen LogP contribution in [0.2, 0.25) is 0 Å². The average Bonchev–Trinajstić information content (AvgIpc) is 2.37. The predicted octanol–water partition coefficient (Wildman–Crippen LogP) is 2.81. The van der Waals surface area contributed by atoms with Gasteiger partial charge >= 0.3 is 0 Å². The number of nitrogens with zero attached hydrogens (tertiary/aromatic N) is 3. The van der Waals surface area contributed by atoms with Gasteiger partial charge in [-0.3, -0.25) is 10.1 Å². The number of aryl methyl sites for hydroxylation is 2. The van der Waals surface area contributed by atoms with Crippen molar-refractivity contribution in [2.45, 2.75) is 13.8 Å². The number of non-ortho nitro benzene ring substituents is 1. The second-order valence-corrected chi connectivity index (χ2v) is 4.77. The van der Waals surface area contributed by atoms with Crippen molar-refractivity contribution in [1.29, 1.82) is 0 Å². The van der Waals surface area contributed by atoms with Crippen molar-refractivity contribution in [3.05, 3.63) is 51.8 Å². The van der Waals surface area contributed by atoms with E-state index < -0.39 is 4.92 Å². The van der Waals surface area contributed by atoms with Crippen LogP contribution in [-0.4, -0.2) is 20.0 Å². The summed E-state index contributed by atoms with van der Waals surface area (Å²) in [4.78, 5) is 18.5. The van der Waals surface area contributed by atoms with Crippen LogP contribution >= 0.6 is 12.2 Å². The molecule has 0 fully saturated rings. The molecule has 0 aliphatic carbocycles. The number of hydrogen-bond donors (Lipinski definition) is 2. The van der Waals surface area contributed by atoms with E-state index in [1.807, 2.05) is 19.9 Å². The van der Waals surface area contributed by atoms with E-state index in [0.29, 0.717) is 16.7 Å². The van der Waals surface area contributed by atoms with Crippen LogP contribution in [0, 0.1) is 24.0 Å². The van der Waals surface area contributed by atoms with E-state index in [4.69, 9.17) is 12.2 Å². The lowest BCUT2D eigenvalue weighted by molar-refractivity contribution is -0.384. The van der Waals surface area contributed by atoms with E-state index in [9.17, 15) is 10.1 Å². The molecule has 0 aliphatic heterocycles. The molecule has 0 saturated carbocycles. The molecule has 2 aromatic rings. The number of aromatic nitrogens is 2. The molecule has 7 nitrogen and oxygen atoms in total. The summed E-state index contributed by atoms with van der Waals surface area (Å²) in [6, 6.07) is 7.82. The third kappa shape index (κ3) is 4.18. The van der Waals surface area contributed by atoms with Crippen LogP contribution in [-0.2, 0) is 0 Å². The van der Waals surface area contributed by atoms with Gasteiger partial charge in [-0.2, -0.15) is 0 Å². The Morgan fingerprint density at radius 2 is 1.71 bits per heavy atom. The van der Waals surface area contributed by atoms with Crippen LogP contribution in [0.5, 0.6) is 0 Å². The molecule has 0 spiro atoms. The Hall–Kier alpha value is -2.61. The molecule has 108 valence electrons. The van der Waals surface area contributed by atoms with Crippen LogP contribution in [0.25, 0.3) is 0 Å². The number of nitro benzene ring substituents is 1. The molecule has 2 N–H and O–H groups in total. The van der Waals surface area contributed by atoms with Gasteiger partial charge in [-0.05, 0) is 44.3 Å². The Morgan fingerprint density at radius 1 is 1.14 bits per heavy atom. The summed E-state index contributed by atoms with van der Waals surface area (Å²) in [6.45, 7) is 3.74. The standard InChI is InChI=1S/C13H13N5O2S/c1-8-7-9(2)15-12(14-8)17-13(21)16-10-3-5-11(6-4-10)18(19)20/h3-7H,1-2H3,(H2,14,15,16,17,21). The zero-order valence-electron chi connectivity index (χ0n) is 11.5. The van der Waals surface area contributed by atoms with Crippen LogP contribution in [0.15, 0.2) is 30.3 Å². The predicted molar refractivity (Wildman–Crippen MR) is 84.4 cm³/mol. The van der Waals surface area contributed by atoms with Crippen molar-refractivity contribution in [3.8, 4) is 0 Å². The summed E-state index contributed by atoms with van der Waals surface area (Å²) < 4.78 is 0. The minimum absolute atomic E-state index is 0.0251. The van der Waals surface area contributed by atoms with Gasteiger partial charge in [-0.15, -0.1) is 0 Å². The monoisotopic (exact) mass is 303 g/mol. The molecule has 1 heterocycles. The zero-order valence-corrected chi connectivity index (χ0v) is 12.3. The number of nitro groups is 1. The molecular weight excluding hydrogens is 290 g/mol. The Balaban J connectivity index is 2.02. The molecule has 0 saturated heterocycles. The molecule has 1 aromatic heterocycles. The number of benzene rings is 1. The number of rotatable bonds is 3. The van der Waals surface area contributed by atoms with Gasteiger partial charge in [0.1, 0.15) is 0 Å². The Kier molecular flexibility index (Phi) is 4.39. The fraction of sp³-hybridized carbons (Fsp3) is 0.154. The van der Waals surface area contributed by atoms with Gasteiger partial charge in [0.15, 0.2) is 5.11 Å². The molecule has 0 aliphatic rings. The van der Waals surface area contributed by atoms with Gasteiger partial charge in [0.05, 0.1) is 4.92 Å². The highest BCUT2D eigenvalue weighted by atomic mass is 32.1. The molecule has 0 amide bonds. The number of thiocarbonyl (C=S) groups is 1. The molecule has 1 aromatic carbocycles. The van der Waals surface area contributed by atoms with E-state index in [0.717, 1.165) is 11.4 Å². The average molecular weight is 303 g/mol. The summed E-state index contributed by atoms with van der Waals surface area (Å²) in [6.07, 6.45) is 0. The molecule has 8 heteroatoms. The van der Waals surface area contributed by atoms with Gasteiger partial charge in [0.2, 0.25) is 5.95 Å². The highest BCUT2D eigenvalue weighted by Gasteiger charge is 2.06. The van der Waals surface area contributed by atoms with Gasteiger partial charge in [-0.25, -0.2) is 9.97 Å². The molecule has 0 atom stereocenters. The topological polar surface area (TPSA) is 93.0 Å². The van der Waals surface area contributed by atoms with Gasteiger partial charge in [0, 0.05) is 29.2 Å². The van der Waals surface area contributed by atoms with Crippen molar-refractivity contribution < 1.29 is 4.92 Å². The summed E-state index contributed by atoms with van der Waals surface area (Å²) in [5.74, 6) is 0.409. The minimum Gasteiger partial charge on any atom is -0.332 e. The van der Waals surface area contributed by atoms with Gasteiger partial charge in [0.25, 0.3) is 5.69 Å². The second kappa shape index (κ2) is 6.23. The third-order valence-electron chi connectivity index (χ3n) is 2.54. The lowest BCUT2D eigenvalue weighted by atomic mass is 10.3. The van der Waals surface area contributed by atoms with Gasteiger partial charge < -0.3 is 10.6 Å². The molecule has 2 rings (SSSR count). The van der Waals surface area contributed by atoms with E-state index in [1.54, 1.807) is 12.1 Å². The lowest BCUT2D eigenvalue weighted by Gasteiger charge is -2.10. The minimum atomic E-state index is -0.455. The summed E-state index contributed by atoms with van der Waals surface area (Å²) in [5.41, 5.74) is 2.34. The van der Waals surface area contributed by atoms with Crippen molar-refractivity contribution in [2.24, 2.45) is 0 Å².